The first-order valence-corrected chi connectivity index (χ1v) is 5.46. The number of aryl methyl sites for hydroxylation is 1. The van der Waals surface area contributed by atoms with E-state index >= 15 is 0 Å². The van der Waals surface area contributed by atoms with Crippen molar-refractivity contribution in [2.75, 3.05) is 0 Å². The van der Waals surface area contributed by atoms with Crippen molar-refractivity contribution < 1.29 is 5.11 Å². The van der Waals surface area contributed by atoms with Crippen LogP contribution in [0.1, 0.15) is 31.5 Å². The zero-order valence-electron chi connectivity index (χ0n) is 9.06. The molecule has 82 valence electrons. The van der Waals surface area contributed by atoms with Crippen LogP contribution in [0.2, 0.25) is 0 Å². The molecule has 0 fully saturated rings. The van der Waals surface area contributed by atoms with Crippen LogP contribution in [-0.2, 0) is 13.5 Å². The Hall–Kier alpha value is -1.16. The third-order valence-electron chi connectivity index (χ3n) is 2.87. The average Bonchev–Trinajstić information content (AvgIpc) is 2.48. The molecular weight excluding hydrogens is 190 g/mol. The van der Waals surface area contributed by atoms with Gasteiger partial charge in [-0.25, -0.2) is 4.98 Å². The van der Waals surface area contributed by atoms with Crippen LogP contribution in [0.3, 0.4) is 0 Å². The summed E-state index contributed by atoms with van der Waals surface area (Å²) >= 11 is 0. The average molecular weight is 207 g/mol. The first-order chi connectivity index (χ1) is 7.25. The van der Waals surface area contributed by atoms with E-state index in [0.29, 0.717) is 0 Å². The molecule has 0 amide bonds. The summed E-state index contributed by atoms with van der Waals surface area (Å²) in [7, 11) is 1.90. The van der Waals surface area contributed by atoms with Gasteiger partial charge < -0.3 is 5.11 Å². The topological polar surface area (TPSA) is 50.9 Å². The molecule has 1 aliphatic rings. The van der Waals surface area contributed by atoms with E-state index in [4.69, 9.17) is 0 Å². The summed E-state index contributed by atoms with van der Waals surface area (Å²) in [4.78, 5) is 4.19. The lowest BCUT2D eigenvalue weighted by Gasteiger charge is -2.05. The van der Waals surface area contributed by atoms with E-state index < -0.39 is 0 Å². The minimum atomic E-state index is -0.268. The highest BCUT2D eigenvalue weighted by molar-refractivity contribution is 5.12. The molecule has 1 N–H and O–H groups in total. The van der Waals surface area contributed by atoms with Crippen LogP contribution in [0, 0.1) is 0 Å². The smallest absolute Gasteiger partial charge is 0.138 e. The van der Waals surface area contributed by atoms with Gasteiger partial charge in [-0.15, -0.1) is 0 Å². The molecule has 0 bridgehead atoms. The highest BCUT2D eigenvalue weighted by Gasteiger charge is 2.11. The third kappa shape index (κ3) is 2.65. The van der Waals surface area contributed by atoms with Gasteiger partial charge >= 0.3 is 0 Å². The molecule has 15 heavy (non-hydrogen) atoms. The van der Waals surface area contributed by atoms with Crippen LogP contribution >= 0.6 is 0 Å². The van der Waals surface area contributed by atoms with Crippen LogP contribution in [0.25, 0.3) is 0 Å². The van der Waals surface area contributed by atoms with Gasteiger partial charge in [-0.1, -0.05) is 18.1 Å². The molecule has 0 spiro atoms. The van der Waals surface area contributed by atoms with Crippen molar-refractivity contribution in [3.05, 3.63) is 23.8 Å². The maximum absolute atomic E-state index is 9.64. The maximum Gasteiger partial charge on any atom is 0.138 e. The largest absolute Gasteiger partial charge is 0.389 e. The number of hydrogen-bond donors (Lipinski definition) is 1. The molecular formula is C11H17N3O. The molecule has 0 saturated heterocycles. The molecule has 1 aliphatic carbocycles. The molecule has 2 rings (SSSR count). The number of aliphatic hydroxyl groups is 1. The normalized spacial score (nSPS) is 22.3. The van der Waals surface area contributed by atoms with Gasteiger partial charge in [0.2, 0.25) is 0 Å². The molecule has 1 heterocycles. The lowest BCUT2D eigenvalue weighted by molar-refractivity contribution is 0.211. The van der Waals surface area contributed by atoms with Crippen molar-refractivity contribution in [2.24, 2.45) is 7.05 Å². The summed E-state index contributed by atoms with van der Waals surface area (Å²) < 4.78 is 1.79. The van der Waals surface area contributed by atoms with E-state index in [2.05, 4.69) is 10.1 Å². The van der Waals surface area contributed by atoms with Crippen LogP contribution < -0.4 is 0 Å². The van der Waals surface area contributed by atoms with Crippen molar-refractivity contribution in [3.8, 4) is 0 Å². The molecule has 0 saturated carbocycles. The quantitative estimate of drug-likeness (QED) is 0.742. The van der Waals surface area contributed by atoms with E-state index in [1.54, 1.807) is 11.0 Å². The van der Waals surface area contributed by atoms with Gasteiger partial charge in [-0.05, 0) is 19.3 Å². The standard InChI is InChI=1S/C11H17N3O/c1-14-11(12-8-13-14)7-9-4-2-3-5-10(15)6-9/h6,8,10,15H,2-5,7H2,1H3. The summed E-state index contributed by atoms with van der Waals surface area (Å²) in [5.74, 6) is 0.968. The number of aromatic nitrogens is 3. The second kappa shape index (κ2) is 4.57. The molecule has 1 unspecified atom stereocenters. The Labute approximate surface area is 89.6 Å². The Balaban J connectivity index is 2.07. The van der Waals surface area contributed by atoms with Gasteiger partial charge in [0.05, 0.1) is 6.10 Å². The van der Waals surface area contributed by atoms with Crippen LogP contribution in [0.5, 0.6) is 0 Å². The number of rotatable bonds is 2. The minimum absolute atomic E-state index is 0.268. The number of nitrogens with zero attached hydrogens (tertiary/aromatic N) is 3. The Morgan fingerprint density at radius 1 is 1.53 bits per heavy atom. The van der Waals surface area contributed by atoms with Gasteiger partial charge in [0, 0.05) is 13.5 Å². The summed E-state index contributed by atoms with van der Waals surface area (Å²) in [6.45, 7) is 0. The monoisotopic (exact) mass is 207 g/mol. The summed E-state index contributed by atoms with van der Waals surface area (Å²) in [6, 6.07) is 0. The SMILES string of the molecule is Cn1ncnc1CC1=CC(O)CCCC1. The fourth-order valence-electron chi connectivity index (χ4n) is 1.97. The number of hydrogen-bond acceptors (Lipinski definition) is 3. The fraction of sp³-hybridized carbons (Fsp3) is 0.636. The molecule has 0 radical (unpaired) electrons. The van der Waals surface area contributed by atoms with Crippen LogP contribution in [-0.4, -0.2) is 26.0 Å². The zero-order chi connectivity index (χ0) is 10.7. The molecule has 1 atom stereocenters. The van der Waals surface area contributed by atoms with Crippen molar-refractivity contribution in [2.45, 2.75) is 38.2 Å². The molecule has 1 aromatic heterocycles. The van der Waals surface area contributed by atoms with Gasteiger partial charge in [0.15, 0.2) is 0 Å². The Bertz CT molecular complexity index is 356. The van der Waals surface area contributed by atoms with E-state index in [0.717, 1.165) is 31.5 Å². The molecule has 0 aromatic carbocycles. The number of aliphatic hydroxyl groups excluding tert-OH is 1. The molecule has 4 heteroatoms. The molecule has 0 aliphatic heterocycles. The van der Waals surface area contributed by atoms with E-state index in [9.17, 15) is 5.11 Å². The van der Waals surface area contributed by atoms with Gasteiger partial charge in [0.1, 0.15) is 12.2 Å². The first-order valence-electron chi connectivity index (χ1n) is 5.46. The van der Waals surface area contributed by atoms with Gasteiger partial charge in [-0.2, -0.15) is 5.10 Å². The summed E-state index contributed by atoms with van der Waals surface area (Å²) in [5, 5.41) is 13.7. The lowest BCUT2D eigenvalue weighted by Crippen LogP contribution is -2.04. The van der Waals surface area contributed by atoms with Crippen LogP contribution in [0.4, 0.5) is 0 Å². The van der Waals surface area contributed by atoms with Gasteiger partial charge in [-0.3, -0.25) is 4.68 Å². The molecule has 1 aromatic rings. The maximum atomic E-state index is 9.64. The Morgan fingerprint density at radius 3 is 3.13 bits per heavy atom. The Morgan fingerprint density at radius 2 is 2.40 bits per heavy atom. The van der Waals surface area contributed by atoms with Crippen molar-refractivity contribution in [3.63, 3.8) is 0 Å². The molecule has 4 nitrogen and oxygen atoms in total. The van der Waals surface area contributed by atoms with E-state index in [-0.39, 0.29) is 6.10 Å². The highest BCUT2D eigenvalue weighted by atomic mass is 16.3. The van der Waals surface area contributed by atoms with Crippen LogP contribution in [0.15, 0.2) is 18.0 Å². The second-order valence-corrected chi connectivity index (χ2v) is 4.11. The van der Waals surface area contributed by atoms with Crippen molar-refractivity contribution in [1.82, 2.24) is 14.8 Å². The van der Waals surface area contributed by atoms with E-state index in [1.807, 2.05) is 13.1 Å². The minimum Gasteiger partial charge on any atom is -0.389 e. The van der Waals surface area contributed by atoms with Crippen molar-refractivity contribution in [1.29, 1.82) is 0 Å². The first kappa shape index (κ1) is 10.4. The lowest BCUT2D eigenvalue weighted by atomic mass is 10.1. The third-order valence-corrected chi connectivity index (χ3v) is 2.87. The Kier molecular flexibility index (Phi) is 3.16. The predicted molar refractivity (Wildman–Crippen MR) is 57.3 cm³/mol. The highest BCUT2D eigenvalue weighted by Crippen LogP contribution is 2.20. The summed E-state index contributed by atoms with van der Waals surface area (Å²) in [5.41, 5.74) is 1.29. The van der Waals surface area contributed by atoms with E-state index in [1.165, 1.54) is 12.0 Å². The van der Waals surface area contributed by atoms with Crippen molar-refractivity contribution >= 4 is 0 Å². The number of allylic oxidation sites excluding steroid dienone is 1. The summed E-state index contributed by atoms with van der Waals surface area (Å²) in [6.07, 6.45) is 8.35. The predicted octanol–water partition coefficient (Wildman–Crippen LogP) is 1.22. The fourth-order valence-corrected chi connectivity index (χ4v) is 1.97. The zero-order valence-corrected chi connectivity index (χ0v) is 9.06. The second-order valence-electron chi connectivity index (χ2n) is 4.11. The van der Waals surface area contributed by atoms with Gasteiger partial charge in [0.25, 0.3) is 0 Å².